The highest BCUT2D eigenvalue weighted by molar-refractivity contribution is 5.79. The summed E-state index contributed by atoms with van der Waals surface area (Å²) in [5.41, 5.74) is 7.13. The number of amides is 1. The van der Waals surface area contributed by atoms with Crippen LogP contribution in [0.25, 0.3) is 11.1 Å². The summed E-state index contributed by atoms with van der Waals surface area (Å²) in [4.78, 5) is 14.6. The monoisotopic (exact) mass is 385 g/mol. The molecule has 5 rings (SSSR count). The van der Waals surface area contributed by atoms with E-state index in [9.17, 15) is 9.90 Å². The number of hydrogen-bond acceptors (Lipinski definition) is 3. The molecule has 4 heteroatoms. The van der Waals surface area contributed by atoms with Crippen LogP contribution in [0.1, 0.15) is 28.2 Å². The summed E-state index contributed by atoms with van der Waals surface area (Å²) in [6.07, 6.45) is 0.289. The fourth-order valence-electron chi connectivity index (χ4n) is 4.64. The Hall–Kier alpha value is -3.11. The van der Waals surface area contributed by atoms with Crippen LogP contribution in [0.2, 0.25) is 0 Å². The van der Waals surface area contributed by atoms with Crippen LogP contribution in [0, 0.1) is 0 Å². The number of aliphatic hydroxyl groups excluding tert-OH is 1. The largest absolute Gasteiger partial charge is 0.448 e. The second-order valence-electron chi connectivity index (χ2n) is 7.74. The molecule has 0 spiro atoms. The number of rotatable bonds is 3. The highest BCUT2D eigenvalue weighted by Crippen LogP contribution is 2.44. The minimum atomic E-state index is -0.361. The second-order valence-corrected chi connectivity index (χ2v) is 7.74. The Balaban J connectivity index is 1.36. The summed E-state index contributed by atoms with van der Waals surface area (Å²) in [7, 11) is 0. The van der Waals surface area contributed by atoms with Gasteiger partial charge in [0.25, 0.3) is 0 Å². The molecule has 3 aromatic carbocycles. The van der Waals surface area contributed by atoms with E-state index in [2.05, 4.69) is 30.3 Å². The van der Waals surface area contributed by atoms with Crippen molar-refractivity contribution in [3.05, 3.63) is 95.1 Å². The van der Waals surface area contributed by atoms with Gasteiger partial charge in [-0.1, -0.05) is 72.8 Å². The molecule has 1 amide bonds. The molecule has 3 aromatic rings. The Morgan fingerprint density at radius 1 is 0.897 bits per heavy atom. The van der Waals surface area contributed by atoms with Gasteiger partial charge in [-0.15, -0.1) is 0 Å². The summed E-state index contributed by atoms with van der Waals surface area (Å²) in [5.74, 6) is 0.0380. The topological polar surface area (TPSA) is 49.8 Å². The van der Waals surface area contributed by atoms with Crippen LogP contribution >= 0.6 is 0 Å². The first-order valence-electron chi connectivity index (χ1n) is 10.1. The lowest BCUT2D eigenvalue weighted by Crippen LogP contribution is -2.46. The average molecular weight is 385 g/mol. The molecule has 1 heterocycles. The molecule has 0 bridgehead atoms. The van der Waals surface area contributed by atoms with Gasteiger partial charge >= 0.3 is 6.09 Å². The highest BCUT2D eigenvalue weighted by atomic mass is 16.6. The molecule has 1 N–H and O–H groups in total. The fraction of sp³-hybridized carbons (Fsp3) is 0.240. The minimum Gasteiger partial charge on any atom is -0.448 e. The predicted molar refractivity (Wildman–Crippen MR) is 112 cm³/mol. The Labute approximate surface area is 170 Å². The number of hydrogen-bond donors (Lipinski definition) is 1. The van der Waals surface area contributed by atoms with E-state index in [1.165, 1.54) is 27.8 Å². The molecule has 1 aliphatic carbocycles. The lowest BCUT2D eigenvalue weighted by Gasteiger charge is -2.35. The zero-order chi connectivity index (χ0) is 19.8. The zero-order valence-corrected chi connectivity index (χ0v) is 16.1. The average Bonchev–Trinajstić information content (AvgIpc) is 3.10. The van der Waals surface area contributed by atoms with E-state index in [0.717, 1.165) is 5.56 Å². The number of ether oxygens (including phenoxy) is 1. The van der Waals surface area contributed by atoms with Gasteiger partial charge in [-0.2, -0.15) is 0 Å². The first-order chi connectivity index (χ1) is 14.3. The Kier molecular flexibility index (Phi) is 4.57. The Morgan fingerprint density at radius 3 is 2.14 bits per heavy atom. The molecule has 0 saturated heterocycles. The predicted octanol–water partition coefficient (Wildman–Crippen LogP) is 4.35. The summed E-state index contributed by atoms with van der Waals surface area (Å²) >= 11 is 0. The van der Waals surface area contributed by atoms with E-state index in [0.29, 0.717) is 19.6 Å². The van der Waals surface area contributed by atoms with E-state index in [1.807, 2.05) is 42.5 Å². The van der Waals surface area contributed by atoms with Crippen molar-refractivity contribution in [1.29, 1.82) is 0 Å². The van der Waals surface area contributed by atoms with E-state index in [1.54, 1.807) is 4.90 Å². The van der Waals surface area contributed by atoms with E-state index in [4.69, 9.17) is 4.74 Å². The summed E-state index contributed by atoms with van der Waals surface area (Å²) in [5, 5.41) is 9.83. The van der Waals surface area contributed by atoms with E-state index < -0.39 is 0 Å². The van der Waals surface area contributed by atoms with Crippen molar-refractivity contribution in [1.82, 2.24) is 4.90 Å². The summed E-state index contributed by atoms with van der Waals surface area (Å²) in [6.45, 7) is 0.694. The van der Waals surface area contributed by atoms with Crippen molar-refractivity contribution in [2.45, 2.75) is 24.9 Å². The molecule has 1 atom stereocenters. The molecule has 2 aliphatic rings. The third-order valence-corrected chi connectivity index (χ3v) is 6.14. The van der Waals surface area contributed by atoms with Gasteiger partial charge in [-0.3, -0.25) is 4.90 Å². The highest BCUT2D eigenvalue weighted by Gasteiger charge is 2.33. The third-order valence-electron chi connectivity index (χ3n) is 6.14. The van der Waals surface area contributed by atoms with Crippen LogP contribution in [0.5, 0.6) is 0 Å². The van der Waals surface area contributed by atoms with Crippen molar-refractivity contribution in [2.24, 2.45) is 0 Å². The van der Waals surface area contributed by atoms with Gasteiger partial charge in [0.2, 0.25) is 0 Å². The van der Waals surface area contributed by atoms with Crippen LogP contribution in [0.15, 0.2) is 72.8 Å². The van der Waals surface area contributed by atoms with Gasteiger partial charge in [0.1, 0.15) is 6.61 Å². The normalized spacial score (nSPS) is 17.4. The molecular formula is C25H23NO3. The van der Waals surface area contributed by atoms with Gasteiger partial charge in [0, 0.05) is 12.5 Å². The molecule has 0 fully saturated rings. The van der Waals surface area contributed by atoms with Crippen molar-refractivity contribution in [2.75, 3.05) is 13.2 Å². The van der Waals surface area contributed by atoms with Crippen LogP contribution in [0.3, 0.4) is 0 Å². The molecule has 4 nitrogen and oxygen atoms in total. The van der Waals surface area contributed by atoms with Crippen molar-refractivity contribution < 1.29 is 14.6 Å². The number of carbonyl (C=O) groups excluding carboxylic acids is 1. The lowest BCUT2D eigenvalue weighted by molar-refractivity contribution is 0.0591. The molecule has 0 aromatic heterocycles. The van der Waals surface area contributed by atoms with Gasteiger partial charge in [0.15, 0.2) is 0 Å². The lowest BCUT2D eigenvalue weighted by atomic mass is 9.95. The van der Waals surface area contributed by atoms with Crippen LogP contribution in [0.4, 0.5) is 4.79 Å². The van der Waals surface area contributed by atoms with Crippen LogP contribution < -0.4 is 0 Å². The number of fused-ring (bicyclic) bond motifs is 4. The van der Waals surface area contributed by atoms with Crippen molar-refractivity contribution >= 4 is 6.09 Å². The van der Waals surface area contributed by atoms with E-state index >= 15 is 0 Å². The van der Waals surface area contributed by atoms with Gasteiger partial charge in [-0.25, -0.2) is 4.79 Å². The number of nitrogens with zero attached hydrogens (tertiary/aromatic N) is 1. The molecule has 0 unspecified atom stereocenters. The van der Waals surface area contributed by atoms with Crippen LogP contribution in [-0.4, -0.2) is 35.4 Å². The van der Waals surface area contributed by atoms with E-state index in [-0.39, 0.29) is 24.7 Å². The molecular weight excluding hydrogens is 362 g/mol. The number of benzene rings is 3. The second kappa shape index (κ2) is 7.37. The maximum Gasteiger partial charge on any atom is 0.410 e. The standard InChI is InChI=1S/C25H23NO3/c27-15-19-13-17-7-1-2-8-18(17)14-26(19)25(28)29-16-24-22-11-5-3-9-20(22)21-10-4-6-12-23(21)24/h1-12,19,24,27H,13-16H2/t19-/m1/s1. The smallest absolute Gasteiger partial charge is 0.410 e. The summed E-state index contributed by atoms with van der Waals surface area (Å²) < 4.78 is 5.80. The third kappa shape index (κ3) is 3.10. The SMILES string of the molecule is O=C(OCC1c2ccccc2-c2ccccc21)N1Cc2ccccc2C[C@@H]1CO. The fourth-order valence-corrected chi connectivity index (χ4v) is 4.64. The maximum atomic E-state index is 13.0. The first-order valence-corrected chi connectivity index (χ1v) is 10.1. The molecule has 146 valence electrons. The summed E-state index contributed by atoms with van der Waals surface area (Å²) in [6, 6.07) is 24.4. The van der Waals surface area contributed by atoms with Crippen molar-refractivity contribution in [3.63, 3.8) is 0 Å². The maximum absolute atomic E-state index is 13.0. The van der Waals surface area contributed by atoms with Gasteiger partial charge in [-0.05, 0) is 39.8 Å². The molecule has 0 radical (unpaired) electrons. The molecule has 0 saturated carbocycles. The quantitative estimate of drug-likeness (QED) is 0.729. The number of aliphatic hydroxyl groups is 1. The van der Waals surface area contributed by atoms with Crippen molar-refractivity contribution in [3.8, 4) is 11.1 Å². The zero-order valence-electron chi connectivity index (χ0n) is 16.1. The minimum absolute atomic E-state index is 0.0380. The Bertz CT molecular complexity index is 1020. The van der Waals surface area contributed by atoms with Crippen LogP contribution in [-0.2, 0) is 17.7 Å². The number of carbonyl (C=O) groups is 1. The molecule has 29 heavy (non-hydrogen) atoms. The molecule has 1 aliphatic heterocycles. The first kappa shape index (κ1) is 18.0. The Morgan fingerprint density at radius 2 is 1.48 bits per heavy atom. The van der Waals surface area contributed by atoms with Gasteiger partial charge < -0.3 is 9.84 Å². The van der Waals surface area contributed by atoms with Gasteiger partial charge in [0.05, 0.1) is 12.6 Å².